The lowest BCUT2D eigenvalue weighted by atomic mass is 10.3. The van der Waals surface area contributed by atoms with Crippen LogP contribution in [0.4, 0.5) is 5.69 Å². The molecule has 0 radical (unpaired) electrons. The summed E-state index contributed by atoms with van der Waals surface area (Å²) < 4.78 is 0. The summed E-state index contributed by atoms with van der Waals surface area (Å²) in [5, 5.41) is 20.4. The molecule has 102 valence electrons. The van der Waals surface area contributed by atoms with Crippen LogP contribution in [0.15, 0.2) is 46.5 Å². The quantitative estimate of drug-likeness (QED) is 0.686. The maximum Gasteiger partial charge on any atom is 0.337 e. The Morgan fingerprint density at radius 3 is 2.70 bits per heavy atom. The first kappa shape index (κ1) is 14.3. The van der Waals surface area contributed by atoms with Crippen LogP contribution in [0, 0.1) is 10.1 Å². The van der Waals surface area contributed by atoms with Gasteiger partial charge in [-0.3, -0.25) is 10.1 Å². The van der Waals surface area contributed by atoms with Gasteiger partial charge in [0.05, 0.1) is 15.5 Å². The molecule has 0 spiro atoms. The molecule has 0 unspecified atom stereocenters. The predicted octanol–water partition coefficient (Wildman–Crippen LogP) is 3.49. The predicted molar refractivity (Wildman–Crippen MR) is 73.4 cm³/mol. The first-order valence-electron chi connectivity index (χ1n) is 5.29. The minimum Gasteiger partial charge on any atom is -0.478 e. The first-order chi connectivity index (χ1) is 9.49. The molecule has 0 bridgehead atoms. The van der Waals surface area contributed by atoms with E-state index in [1.165, 1.54) is 0 Å². The molecule has 0 saturated carbocycles. The van der Waals surface area contributed by atoms with Gasteiger partial charge in [-0.1, -0.05) is 35.5 Å². The molecule has 0 saturated heterocycles. The second kappa shape index (κ2) is 5.89. The molecule has 1 aromatic heterocycles. The lowest BCUT2D eigenvalue weighted by Gasteiger charge is -2.04. The third-order valence-corrected chi connectivity index (χ3v) is 3.84. The lowest BCUT2D eigenvalue weighted by Crippen LogP contribution is -2.01. The van der Waals surface area contributed by atoms with E-state index in [1.807, 2.05) is 0 Å². The second-order valence-electron chi connectivity index (χ2n) is 3.64. The molecule has 1 heterocycles. The highest BCUT2D eigenvalue weighted by molar-refractivity contribution is 7.99. The van der Waals surface area contributed by atoms with E-state index in [4.69, 9.17) is 16.7 Å². The largest absolute Gasteiger partial charge is 0.478 e. The van der Waals surface area contributed by atoms with E-state index in [0.29, 0.717) is 9.92 Å². The monoisotopic (exact) mass is 310 g/mol. The average molecular weight is 311 g/mol. The van der Waals surface area contributed by atoms with Gasteiger partial charge in [-0.15, -0.1) is 0 Å². The van der Waals surface area contributed by atoms with Crippen molar-refractivity contribution in [2.75, 3.05) is 0 Å². The summed E-state index contributed by atoms with van der Waals surface area (Å²) in [7, 11) is 0. The number of benzene rings is 1. The van der Waals surface area contributed by atoms with E-state index < -0.39 is 10.9 Å². The number of pyridine rings is 1. The molecule has 0 aliphatic rings. The lowest BCUT2D eigenvalue weighted by molar-refractivity contribution is -0.388. The van der Waals surface area contributed by atoms with Crippen molar-refractivity contribution in [2.24, 2.45) is 0 Å². The summed E-state index contributed by atoms with van der Waals surface area (Å²) >= 11 is 6.99. The molecule has 20 heavy (non-hydrogen) atoms. The Bertz CT molecular complexity index is 693. The number of carboxylic acid groups (broad SMARTS) is 1. The number of carbonyl (C=O) groups is 1. The number of rotatable bonds is 4. The van der Waals surface area contributed by atoms with Crippen LogP contribution in [-0.4, -0.2) is 21.0 Å². The van der Waals surface area contributed by atoms with Crippen LogP contribution in [0.1, 0.15) is 10.4 Å². The third kappa shape index (κ3) is 3.06. The molecule has 0 atom stereocenters. The molecule has 6 nitrogen and oxygen atoms in total. The molecular weight excluding hydrogens is 304 g/mol. The summed E-state index contributed by atoms with van der Waals surface area (Å²) in [5.74, 6) is -1.27. The zero-order valence-corrected chi connectivity index (χ0v) is 11.4. The highest BCUT2D eigenvalue weighted by Gasteiger charge is 2.20. The van der Waals surface area contributed by atoms with Crippen LogP contribution in [0.2, 0.25) is 5.02 Å². The second-order valence-corrected chi connectivity index (χ2v) is 5.08. The van der Waals surface area contributed by atoms with Gasteiger partial charge < -0.3 is 5.11 Å². The Balaban J connectivity index is 2.44. The normalized spacial score (nSPS) is 10.2. The number of nitrogens with zero attached hydrogens (tertiary/aromatic N) is 2. The topological polar surface area (TPSA) is 93.3 Å². The van der Waals surface area contributed by atoms with Gasteiger partial charge in [0.25, 0.3) is 0 Å². The smallest absolute Gasteiger partial charge is 0.337 e. The minimum absolute atomic E-state index is 0.0908. The number of halogens is 1. The number of hydrogen-bond donors (Lipinski definition) is 1. The van der Waals surface area contributed by atoms with E-state index in [2.05, 4.69) is 4.98 Å². The molecule has 0 amide bonds. The third-order valence-electron chi connectivity index (χ3n) is 2.32. The molecular formula is C12H7ClN2O4S. The number of carboxylic acids is 1. The average Bonchev–Trinajstić information content (AvgIpc) is 2.41. The van der Waals surface area contributed by atoms with Gasteiger partial charge in [0.15, 0.2) is 5.03 Å². The molecule has 2 aromatic rings. The van der Waals surface area contributed by atoms with Gasteiger partial charge in [0, 0.05) is 17.2 Å². The van der Waals surface area contributed by atoms with Crippen molar-refractivity contribution in [1.82, 2.24) is 4.98 Å². The van der Waals surface area contributed by atoms with Gasteiger partial charge in [-0.2, -0.15) is 0 Å². The molecule has 0 aliphatic heterocycles. The molecule has 1 N–H and O–H groups in total. The van der Waals surface area contributed by atoms with Crippen molar-refractivity contribution in [3.8, 4) is 0 Å². The van der Waals surface area contributed by atoms with Gasteiger partial charge in [-0.05, 0) is 12.1 Å². The Morgan fingerprint density at radius 1 is 1.40 bits per heavy atom. The van der Waals surface area contributed by atoms with Gasteiger partial charge >= 0.3 is 11.7 Å². The summed E-state index contributed by atoms with van der Waals surface area (Å²) in [6.45, 7) is 0. The number of aromatic nitrogens is 1. The number of hydrogen-bond acceptors (Lipinski definition) is 5. The Labute approximate surface area is 122 Å². The number of nitro groups is 1. The summed E-state index contributed by atoms with van der Waals surface area (Å²) in [5.41, 5.74) is -0.602. The van der Waals surface area contributed by atoms with Crippen LogP contribution in [0.5, 0.6) is 0 Å². The van der Waals surface area contributed by atoms with Crippen molar-refractivity contribution in [3.05, 3.63) is 57.2 Å². The van der Waals surface area contributed by atoms with Crippen LogP contribution < -0.4 is 0 Å². The highest BCUT2D eigenvalue weighted by Crippen LogP contribution is 2.36. The molecule has 0 aliphatic carbocycles. The van der Waals surface area contributed by atoms with Gasteiger partial charge in [-0.25, -0.2) is 9.78 Å². The fourth-order valence-electron chi connectivity index (χ4n) is 1.40. The molecule has 1 aromatic carbocycles. The molecule has 2 rings (SSSR count). The van der Waals surface area contributed by atoms with Crippen LogP contribution in [-0.2, 0) is 0 Å². The summed E-state index contributed by atoms with van der Waals surface area (Å²) in [6.07, 6.45) is 1.08. The van der Waals surface area contributed by atoms with E-state index >= 15 is 0 Å². The molecule has 8 heteroatoms. The van der Waals surface area contributed by atoms with Gasteiger partial charge in [0.2, 0.25) is 0 Å². The Morgan fingerprint density at radius 2 is 2.10 bits per heavy atom. The van der Waals surface area contributed by atoms with Gasteiger partial charge in [0.1, 0.15) is 0 Å². The van der Waals surface area contributed by atoms with E-state index in [1.54, 1.807) is 24.3 Å². The summed E-state index contributed by atoms with van der Waals surface area (Å²) in [4.78, 5) is 25.6. The van der Waals surface area contributed by atoms with Crippen molar-refractivity contribution in [3.63, 3.8) is 0 Å². The highest BCUT2D eigenvalue weighted by atomic mass is 35.5. The van der Waals surface area contributed by atoms with Crippen molar-refractivity contribution in [2.45, 2.75) is 9.92 Å². The van der Waals surface area contributed by atoms with E-state index in [0.717, 1.165) is 24.0 Å². The maximum absolute atomic E-state index is 11.0. The minimum atomic E-state index is -1.27. The van der Waals surface area contributed by atoms with Crippen LogP contribution in [0.25, 0.3) is 0 Å². The van der Waals surface area contributed by atoms with Crippen LogP contribution in [0.3, 0.4) is 0 Å². The van der Waals surface area contributed by atoms with Crippen LogP contribution >= 0.6 is 23.4 Å². The Kier molecular flexibility index (Phi) is 4.21. The SMILES string of the molecule is O=C(O)c1cnc(Sc2ccccc2Cl)c([N+](=O)[O-])c1. The Hall–Kier alpha value is -2.12. The maximum atomic E-state index is 11.0. The number of aromatic carboxylic acids is 1. The fourth-order valence-corrected chi connectivity index (χ4v) is 2.51. The summed E-state index contributed by atoms with van der Waals surface area (Å²) in [6, 6.07) is 7.81. The van der Waals surface area contributed by atoms with Crippen molar-refractivity contribution in [1.29, 1.82) is 0 Å². The first-order valence-corrected chi connectivity index (χ1v) is 6.48. The zero-order valence-electron chi connectivity index (χ0n) is 9.82. The molecule has 0 fully saturated rings. The standard InChI is InChI=1S/C12H7ClN2O4S/c13-8-3-1-2-4-10(8)20-11-9(15(18)19)5-7(6-14-11)12(16)17/h1-6H,(H,16,17). The van der Waals surface area contributed by atoms with Crippen molar-refractivity contribution >= 4 is 35.0 Å². The zero-order chi connectivity index (χ0) is 14.7. The fraction of sp³-hybridized carbons (Fsp3) is 0. The van der Waals surface area contributed by atoms with E-state index in [9.17, 15) is 14.9 Å². The van der Waals surface area contributed by atoms with E-state index in [-0.39, 0.29) is 16.3 Å². The van der Waals surface area contributed by atoms with Crippen molar-refractivity contribution < 1.29 is 14.8 Å².